The fourth-order valence-electron chi connectivity index (χ4n) is 7.55. The molecule has 8 nitrogen and oxygen atoms in total. The van der Waals surface area contributed by atoms with Gasteiger partial charge in [0.1, 0.15) is 49.4 Å². The summed E-state index contributed by atoms with van der Waals surface area (Å²) < 4.78 is 48.0. The highest BCUT2D eigenvalue weighted by Gasteiger charge is 2.37. The number of ether oxygens (including phenoxy) is 8. The third-order valence-corrected chi connectivity index (χ3v) is 10.9. The van der Waals surface area contributed by atoms with E-state index in [2.05, 4.69) is 142 Å². The Hall–Kier alpha value is -6.68. The maximum absolute atomic E-state index is 6.70. The summed E-state index contributed by atoms with van der Waals surface area (Å²) in [5.74, 6) is 2.97. The van der Waals surface area contributed by atoms with E-state index in [1.165, 1.54) is 0 Å². The van der Waals surface area contributed by atoms with Crippen molar-refractivity contribution >= 4 is 0 Å². The Bertz CT molecular complexity index is 2280. The molecule has 0 atom stereocenters. The highest BCUT2D eigenvalue weighted by molar-refractivity contribution is 5.73. The van der Waals surface area contributed by atoms with Crippen LogP contribution in [0.25, 0.3) is 33.4 Å². The molecule has 0 aliphatic heterocycles. The molecular formula is C58H62O8. The molecule has 66 heavy (non-hydrogen) atoms. The van der Waals surface area contributed by atoms with Crippen LogP contribution < -0.4 is 18.9 Å². The molecule has 0 aromatic heterocycles. The zero-order valence-electron chi connectivity index (χ0n) is 38.2. The van der Waals surface area contributed by atoms with Crippen LogP contribution in [0.4, 0.5) is 0 Å². The van der Waals surface area contributed by atoms with Crippen molar-refractivity contribution in [2.45, 2.75) is 12.3 Å². The molecule has 0 heterocycles. The highest BCUT2D eigenvalue weighted by atomic mass is 16.5. The summed E-state index contributed by atoms with van der Waals surface area (Å²) in [6.45, 7) is 22.4. The largest absolute Gasteiger partial charge is 0.491 e. The normalized spacial score (nSPS) is 11.1. The summed E-state index contributed by atoms with van der Waals surface area (Å²) in [5, 5.41) is 0. The lowest BCUT2D eigenvalue weighted by molar-refractivity contribution is 0.119. The Balaban J connectivity index is 1.49. The average molecular weight is 887 g/mol. The van der Waals surface area contributed by atoms with Gasteiger partial charge in [0.25, 0.3) is 0 Å². The molecule has 0 saturated heterocycles. The second-order valence-corrected chi connectivity index (χ2v) is 15.4. The minimum Gasteiger partial charge on any atom is -0.491 e. The predicted molar refractivity (Wildman–Crippen MR) is 267 cm³/mol. The van der Waals surface area contributed by atoms with Crippen molar-refractivity contribution in [2.75, 3.05) is 79.3 Å². The van der Waals surface area contributed by atoms with Crippen LogP contribution in [0.2, 0.25) is 0 Å². The van der Waals surface area contributed by atoms with Crippen molar-refractivity contribution in [3.63, 3.8) is 0 Å². The molecule has 6 aromatic carbocycles. The molecule has 0 unspecified atom stereocenters. The van der Waals surface area contributed by atoms with Gasteiger partial charge in [-0.3, -0.25) is 0 Å². The summed E-state index contributed by atoms with van der Waals surface area (Å²) in [6, 6.07) is 48.3. The molecule has 6 rings (SSSR count). The van der Waals surface area contributed by atoms with Crippen molar-refractivity contribution < 1.29 is 37.9 Å². The van der Waals surface area contributed by atoms with Crippen LogP contribution in [0.1, 0.15) is 23.6 Å². The van der Waals surface area contributed by atoms with Crippen LogP contribution in [0.5, 0.6) is 23.0 Å². The van der Waals surface area contributed by atoms with Crippen molar-refractivity contribution in [2.24, 2.45) is 0 Å². The van der Waals surface area contributed by atoms with E-state index in [1.807, 2.05) is 30.3 Å². The topological polar surface area (TPSA) is 73.8 Å². The molecule has 0 bridgehead atoms. The highest BCUT2D eigenvalue weighted by Crippen LogP contribution is 2.49. The van der Waals surface area contributed by atoms with E-state index in [0.717, 1.165) is 73.1 Å². The Kier molecular flexibility index (Phi) is 19.5. The Morgan fingerprint density at radius 1 is 0.364 bits per heavy atom. The van der Waals surface area contributed by atoms with Gasteiger partial charge in [-0.2, -0.15) is 0 Å². The molecule has 0 aliphatic carbocycles. The van der Waals surface area contributed by atoms with Crippen molar-refractivity contribution in [1.82, 2.24) is 0 Å². The average Bonchev–Trinajstić information content (AvgIpc) is 3.36. The van der Waals surface area contributed by atoms with E-state index in [9.17, 15) is 0 Å². The SMILES string of the molecule is C=CCOCCOc1ccc(-c2ccc(OCCOCC=C)c(C(C)(c3ccc(-c4ccccc4)cc3)c3cc(-c4ccc(OCCOCC=C)cc4)ccc3OCCOCC=C)c2)cc1. The Morgan fingerprint density at radius 2 is 0.697 bits per heavy atom. The molecule has 0 amide bonds. The van der Waals surface area contributed by atoms with E-state index in [1.54, 1.807) is 24.3 Å². The minimum atomic E-state index is -0.848. The Morgan fingerprint density at radius 3 is 1.09 bits per heavy atom. The Labute approximate surface area is 391 Å². The van der Waals surface area contributed by atoms with Crippen LogP contribution in [0, 0.1) is 0 Å². The monoisotopic (exact) mass is 886 g/mol. The summed E-state index contributed by atoms with van der Waals surface area (Å²) in [7, 11) is 0. The molecular weight excluding hydrogens is 825 g/mol. The van der Waals surface area contributed by atoms with E-state index >= 15 is 0 Å². The zero-order valence-corrected chi connectivity index (χ0v) is 38.2. The first-order chi connectivity index (χ1) is 32.5. The van der Waals surface area contributed by atoms with Crippen LogP contribution in [-0.2, 0) is 24.4 Å². The maximum atomic E-state index is 6.70. The first-order valence-corrected chi connectivity index (χ1v) is 22.4. The molecule has 342 valence electrons. The molecule has 8 heteroatoms. The van der Waals surface area contributed by atoms with Crippen LogP contribution in [0.3, 0.4) is 0 Å². The van der Waals surface area contributed by atoms with Gasteiger partial charge in [-0.25, -0.2) is 0 Å². The van der Waals surface area contributed by atoms with Gasteiger partial charge < -0.3 is 37.9 Å². The fourth-order valence-corrected chi connectivity index (χ4v) is 7.55. The number of benzene rings is 6. The second-order valence-electron chi connectivity index (χ2n) is 15.4. The van der Waals surface area contributed by atoms with E-state index in [4.69, 9.17) is 37.9 Å². The first kappa shape index (κ1) is 48.8. The maximum Gasteiger partial charge on any atom is 0.123 e. The van der Waals surface area contributed by atoms with Crippen LogP contribution in [-0.4, -0.2) is 79.3 Å². The van der Waals surface area contributed by atoms with Gasteiger partial charge in [0.05, 0.1) is 52.9 Å². The lowest BCUT2D eigenvalue weighted by atomic mass is 9.69. The first-order valence-electron chi connectivity index (χ1n) is 22.4. The van der Waals surface area contributed by atoms with Crippen molar-refractivity contribution in [3.05, 3.63) is 207 Å². The molecule has 0 spiro atoms. The smallest absolute Gasteiger partial charge is 0.123 e. The van der Waals surface area contributed by atoms with E-state index in [0.29, 0.717) is 79.3 Å². The lowest BCUT2D eigenvalue weighted by Gasteiger charge is -2.35. The molecule has 0 aliphatic rings. The zero-order chi connectivity index (χ0) is 46.2. The van der Waals surface area contributed by atoms with Gasteiger partial charge in [-0.15, -0.1) is 26.3 Å². The third kappa shape index (κ3) is 13.7. The van der Waals surface area contributed by atoms with Gasteiger partial charge >= 0.3 is 0 Å². The molecule has 0 radical (unpaired) electrons. The third-order valence-electron chi connectivity index (χ3n) is 10.9. The summed E-state index contributed by atoms with van der Waals surface area (Å²) >= 11 is 0. The van der Waals surface area contributed by atoms with Crippen molar-refractivity contribution in [3.8, 4) is 56.4 Å². The van der Waals surface area contributed by atoms with Crippen molar-refractivity contribution in [1.29, 1.82) is 0 Å². The van der Waals surface area contributed by atoms with Gasteiger partial charge in [0.15, 0.2) is 0 Å². The van der Waals surface area contributed by atoms with Gasteiger partial charge in [-0.1, -0.05) is 115 Å². The summed E-state index contributed by atoms with van der Waals surface area (Å²) in [4.78, 5) is 0. The van der Waals surface area contributed by atoms with E-state index < -0.39 is 5.41 Å². The molecule has 0 N–H and O–H groups in total. The predicted octanol–water partition coefficient (Wildman–Crippen LogP) is 12.4. The lowest BCUT2D eigenvalue weighted by Crippen LogP contribution is -2.28. The summed E-state index contributed by atoms with van der Waals surface area (Å²) in [6.07, 6.45) is 6.93. The second kappa shape index (κ2) is 26.3. The quantitative estimate of drug-likeness (QED) is 0.0252. The summed E-state index contributed by atoms with van der Waals surface area (Å²) in [5.41, 5.74) is 8.40. The molecule has 0 fully saturated rings. The molecule has 6 aromatic rings. The van der Waals surface area contributed by atoms with E-state index in [-0.39, 0.29) is 0 Å². The standard InChI is InChI=1S/C58H62O8/c1-6-31-59-35-39-63-52-25-17-47(18-26-52)49-21-29-56(65-41-37-61-33-8-3)54(43-49)58(5,51-23-15-46(16-24-51)45-13-11-10-12-14-45)55-44-50(22-30-57(55)66-42-38-62-34-9-4)48-19-27-53(28-20-48)64-40-36-60-32-7-2/h6-30,43-44H,1-4,31-42H2,5H3. The van der Waals surface area contributed by atoms with Crippen LogP contribution >= 0.6 is 0 Å². The van der Waals surface area contributed by atoms with Gasteiger partial charge in [-0.05, 0) is 94.4 Å². The molecule has 0 saturated carbocycles. The van der Waals surface area contributed by atoms with Gasteiger partial charge in [0.2, 0.25) is 0 Å². The van der Waals surface area contributed by atoms with Gasteiger partial charge in [0, 0.05) is 16.5 Å². The number of rotatable bonds is 30. The fraction of sp³-hybridized carbons (Fsp3) is 0.241. The number of hydrogen-bond donors (Lipinski definition) is 0. The minimum absolute atomic E-state index is 0.338. The van der Waals surface area contributed by atoms with Crippen LogP contribution in [0.15, 0.2) is 190 Å². The number of hydrogen-bond acceptors (Lipinski definition) is 8.